The van der Waals surface area contributed by atoms with Crippen LogP contribution in [0.1, 0.15) is 0 Å². The fraction of sp³-hybridized carbons (Fsp3) is 0. The van der Waals surface area contributed by atoms with Gasteiger partial charge in [-0.15, -0.1) is 0 Å². The summed E-state index contributed by atoms with van der Waals surface area (Å²) in [7, 11) is 1.71. The smallest absolute Gasteiger partial charge is 0.333 e. The van der Waals surface area contributed by atoms with Gasteiger partial charge in [0.15, 0.2) is 0 Å². The Hall–Kier alpha value is -0.890. The minimum Gasteiger partial charge on any atom is -0.478 e. The van der Waals surface area contributed by atoms with E-state index in [-0.39, 0.29) is 0 Å². The van der Waals surface area contributed by atoms with E-state index in [2.05, 4.69) is 4.52 Å². The normalized spacial score (nSPS) is 9.44. The second kappa shape index (κ2) is 4.04. The number of hydrogen-bond donors (Lipinski definition) is 1. The van der Waals surface area contributed by atoms with Crippen LogP contribution in [-0.2, 0) is 14.1 Å². The van der Waals surface area contributed by atoms with E-state index in [1.54, 1.807) is 9.47 Å². The van der Waals surface area contributed by atoms with Crippen molar-refractivity contribution < 1.29 is 19.2 Å². The maximum atomic E-state index is 10.1. The molecule has 50 valence electrons. The first-order chi connectivity index (χ1) is 4.16. The average Bonchev–Trinajstić information content (AvgIpc) is 1.83. The summed E-state index contributed by atoms with van der Waals surface area (Å²) in [4.78, 5) is 19.8. The molecule has 0 amide bonds. The second-order valence-corrected chi connectivity index (χ2v) is 1.34. The maximum absolute atomic E-state index is 10.1. The molecule has 0 aliphatic carbocycles. The van der Waals surface area contributed by atoms with Crippen LogP contribution in [0, 0.1) is 0 Å². The highest BCUT2D eigenvalue weighted by Gasteiger charge is 1.91. The zero-order chi connectivity index (χ0) is 7.28. The van der Waals surface area contributed by atoms with Gasteiger partial charge in [-0.3, -0.25) is 0 Å². The van der Waals surface area contributed by atoms with Crippen LogP contribution in [0.4, 0.5) is 0 Å². The van der Waals surface area contributed by atoms with E-state index in [1.165, 1.54) is 0 Å². The summed E-state index contributed by atoms with van der Waals surface area (Å²) in [5, 5.41) is 7.96. The lowest BCUT2D eigenvalue weighted by molar-refractivity contribution is -0.132. The third kappa shape index (κ3) is 4.97. The summed E-state index contributed by atoms with van der Waals surface area (Å²) in [5.74, 6) is -1.88. The molecule has 9 heavy (non-hydrogen) atoms. The van der Waals surface area contributed by atoms with Crippen LogP contribution >= 0.6 is 9.47 Å². The van der Waals surface area contributed by atoms with Gasteiger partial charge in [0, 0.05) is 12.2 Å². The molecule has 0 fully saturated rings. The number of carboxylic acids is 1. The molecular weight excluding hydrogens is 143 g/mol. The van der Waals surface area contributed by atoms with E-state index in [1.807, 2.05) is 0 Å². The fourth-order valence-corrected chi connectivity index (χ4v) is 0.257. The van der Waals surface area contributed by atoms with Crippen LogP contribution in [0.3, 0.4) is 0 Å². The third-order valence-corrected chi connectivity index (χ3v) is 0.710. The molecule has 5 heteroatoms. The van der Waals surface area contributed by atoms with Crippen LogP contribution in [0.15, 0.2) is 12.2 Å². The molecule has 0 aromatic carbocycles. The molecule has 0 heterocycles. The van der Waals surface area contributed by atoms with E-state index in [4.69, 9.17) is 5.11 Å². The molecular formula is C4H5O4P. The molecule has 0 radical (unpaired) electrons. The number of hydrogen-bond acceptors (Lipinski definition) is 3. The van der Waals surface area contributed by atoms with Crippen molar-refractivity contribution in [3.05, 3.63) is 12.2 Å². The quantitative estimate of drug-likeness (QED) is 0.440. The topological polar surface area (TPSA) is 63.6 Å². The lowest BCUT2D eigenvalue weighted by atomic mass is 10.5. The summed E-state index contributed by atoms with van der Waals surface area (Å²) in [6, 6.07) is 0. The van der Waals surface area contributed by atoms with Crippen molar-refractivity contribution >= 4 is 21.4 Å². The number of carbonyl (C=O) groups excluding carboxylic acids is 1. The monoisotopic (exact) mass is 148 g/mol. The van der Waals surface area contributed by atoms with E-state index < -0.39 is 11.9 Å². The molecule has 0 spiro atoms. The molecule has 0 aromatic heterocycles. The standard InChI is InChI=1S/C4H5O4P/c5-3(6)1-2-4(7)8-9/h1-2H,9H2,(H,5,6)/b2-1-. The van der Waals surface area contributed by atoms with Gasteiger partial charge in [0.1, 0.15) is 0 Å². The summed E-state index contributed by atoms with van der Waals surface area (Å²) in [6.07, 6.45) is 1.52. The fourth-order valence-electron chi connectivity index (χ4n) is 0.179. The average molecular weight is 148 g/mol. The molecule has 0 aromatic rings. The van der Waals surface area contributed by atoms with E-state index in [0.29, 0.717) is 6.08 Å². The number of rotatable bonds is 2. The highest BCUT2D eigenvalue weighted by Crippen LogP contribution is 1.87. The van der Waals surface area contributed by atoms with Gasteiger partial charge in [-0.2, -0.15) is 0 Å². The molecule has 1 atom stereocenters. The number of carbonyl (C=O) groups is 2. The Kier molecular flexibility index (Phi) is 3.64. The van der Waals surface area contributed by atoms with Crippen molar-refractivity contribution in [1.82, 2.24) is 0 Å². The second-order valence-electron chi connectivity index (χ2n) is 1.11. The molecule has 1 N–H and O–H groups in total. The van der Waals surface area contributed by atoms with Crippen molar-refractivity contribution in [2.24, 2.45) is 0 Å². The van der Waals surface area contributed by atoms with Gasteiger partial charge < -0.3 is 9.63 Å². The molecule has 0 bridgehead atoms. The Morgan fingerprint density at radius 2 is 2.00 bits per heavy atom. The first kappa shape index (κ1) is 8.11. The van der Waals surface area contributed by atoms with Crippen LogP contribution in [-0.4, -0.2) is 17.0 Å². The molecule has 4 nitrogen and oxygen atoms in total. The highest BCUT2D eigenvalue weighted by atomic mass is 31.0. The van der Waals surface area contributed by atoms with Crippen molar-refractivity contribution in [3.8, 4) is 0 Å². The predicted molar refractivity (Wildman–Crippen MR) is 32.6 cm³/mol. The van der Waals surface area contributed by atoms with Gasteiger partial charge in [-0.25, -0.2) is 9.59 Å². The van der Waals surface area contributed by atoms with Crippen molar-refractivity contribution in [3.63, 3.8) is 0 Å². The van der Waals surface area contributed by atoms with Crippen molar-refractivity contribution in [2.45, 2.75) is 0 Å². The van der Waals surface area contributed by atoms with Crippen molar-refractivity contribution in [2.75, 3.05) is 0 Å². The van der Waals surface area contributed by atoms with E-state index in [9.17, 15) is 9.59 Å². The maximum Gasteiger partial charge on any atom is 0.333 e. The Balaban J connectivity index is 3.71. The van der Waals surface area contributed by atoms with Crippen molar-refractivity contribution in [1.29, 1.82) is 0 Å². The summed E-state index contributed by atoms with van der Waals surface area (Å²) in [6.45, 7) is 0. The van der Waals surface area contributed by atoms with Crippen LogP contribution in [0.25, 0.3) is 0 Å². The van der Waals surface area contributed by atoms with Gasteiger partial charge in [0.2, 0.25) is 0 Å². The molecule has 0 aliphatic rings. The lowest BCUT2D eigenvalue weighted by Crippen LogP contribution is -1.93. The summed E-state index contributed by atoms with van der Waals surface area (Å²) < 4.78 is 4.03. The first-order valence-electron chi connectivity index (χ1n) is 1.98. The van der Waals surface area contributed by atoms with Gasteiger partial charge in [0.05, 0.1) is 9.47 Å². The molecule has 0 aliphatic heterocycles. The van der Waals surface area contributed by atoms with Gasteiger partial charge in [0.25, 0.3) is 0 Å². The van der Waals surface area contributed by atoms with E-state index in [0.717, 1.165) is 6.08 Å². The minimum atomic E-state index is -1.18. The summed E-state index contributed by atoms with van der Waals surface area (Å²) in [5.41, 5.74) is 0. The number of carboxylic acid groups (broad SMARTS) is 1. The number of aliphatic carboxylic acids is 1. The minimum absolute atomic E-state index is 0.701. The Morgan fingerprint density at radius 1 is 1.44 bits per heavy atom. The molecule has 0 rings (SSSR count). The van der Waals surface area contributed by atoms with Crippen LogP contribution in [0.2, 0.25) is 0 Å². The van der Waals surface area contributed by atoms with Gasteiger partial charge in [-0.05, 0) is 0 Å². The first-order valence-corrected chi connectivity index (χ1v) is 2.45. The zero-order valence-electron chi connectivity index (χ0n) is 4.40. The Labute approximate surface area is 53.8 Å². The lowest BCUT2D eigenvalue weighted by Gasteiger charge is -1.85. The van der Waals surface area contributed by atoms with Gasteiger partial charge in [-0.1, -0.05) is 0 Å². The Bertz CT molecular complexity index is 151. The summed E-state index contributed by atoms with van der Waals surface area (Å²) >= 11 is 0. The Morgan fingerprint density at radius 3 is 2.33 bits per heavy atom. The van der Waals surface area contributed by atoms with Gasteiger partial charge >= 0.3 is 11.9 Å². The largest absolute Gasteiger partial charge is 0.478 e. The predicted octanol–water partition coefficient (Wildman–Crippen LogP) is -0.0395. The van der Waals surface area contributed by atoms with Crippen LogP contribution in [0.5, 0.6) is 0 Å². The molecule has 1 unspecified atom stereocenters. The van der Waals surface area contributed by atoms with Crippen LogP contribution < -0.4 is 0 Å². The zero-order valence-corrected chi connectivity index (χ0v) is 5.56. The molecule has 0 saturated carbocycles. The third-order valence-electron chi connectivity index (χ3n) is 0.478. The molecule has 0 saturated heterocycles. The highest BCUT2D eigenvalue weighted by molar-refractivity contribution is 7.10. The SMILES string of the molecule is O=C(O)/C=C\C(=O)OP. The van der Waals surface area contributed by atoms with E-state index >= 15 is 0 Å².